The highest BCUT2D eigenvalue weighted by Gasteiger charge is 2.28. The molecule has 1 unspecified atom stereocenters. The summed E-state index contributed by atoms with van der Waals surface area (Å²) in [4.78, 5) is 15.5. The van der Waals surface area contributed by atoms with Crippen LogP contribution in [0.25, 0.3) is 0 Å². The van der Waals surface area contributed by atoms with Gasteiger partial charge >= 0.3 is 0 Å². The monoisotopic (exact) mass is 256 g/mol. The molecule has 0 saturated carbocycles. The van der Waals surface area contributed by atoms with E-state index in [9.17, 15) is 4.79 Å². The molecule has 104 valence electrons. The molecule has 5 nitrogen and oxygen atoms in total. The average Bonchev–Trinajstić information content (AvgIpc) is 2.33. The Kier molecular flexibility index (Phi) is 6.62. The second-order valence-electron chi connectivity index (χ2n) is 5.17. The maximum atomic E-state index is 11.6. The standard InChI is InChI=1S/C13H24N2O3/c1-6-11(16)9(2)7-13(4,5)12(14)15-8-10(3)18-17/h9,17H,3,6-8H2,1-2,4-5H3,(H2,14,15). The molecule has 0 aromatic rings. The zero-order valence-corrected chi connectivity index (χ0v) is 11.7. The Morgan fingerprint density at radius 2 is 2.11 bits per heavy atom. The predicted octanol–water partition coefficient (Wildman–Crippen LogP) is 2.59. The van der Waals surface area contributed by atoms with E-state index in [4.69, 9.17) is 10.7 Å². The maximum absolute atomic E-state index is 11.6. The van der Waals surface area contributed by atoms with Crippen LogP contribution < -0.4 is 5.32 Å². The lowest BCUT2D eigenvalue weighted by Crippen LogP contribution is -2.39. The van der Waals surface area contributed by atoms with Crippen molar-refractivity contribution in [3.8, 4) is 0 Å². The smallest absolute Gasteiger partial charge is 0.154 e. The van der Waals surface area contributed by atoms with Crippen LogP contribution in [0, 0.1) is 16.7 Å². The van der Waals surface area contributed by atoms with Crippen LogP contribution in [0.1, 0.15) is 40.5 Å². The van der Waals surface area contributed by atoms with E-state index in [1.54, 1.807) is 0 Å². The summed E-state index contributed by atoms with van der Waals surface area (Å²) in [7, 11) is 0. The molecule has 0 saturated heterocycles. The van der Waals surface area contributed by atoms with Gasteiger partial charge in [0.1, 0.15) is 5.78 Å². The van der Waals surface area contributed by atoms with Crippen LogP contribution in [0.15, 0.2) is 12.3 Å². The third-order valence-corrected chi connectivity index (χ3v) is 2.98. The summed E-state index contributed by atoms with van der Waals surface area (Å²) in [5, 5.41) is 19.1. The molecule has 0 spiro atoms. The first-order chi connectivity index (χ1) is 8.24. The van der Waals surface area contributed by atoms with Crippen LogP contribution in [0.3, 0.4) is 0 Å². The lowest BCUT2D eigenvalue weighted by Gasteiger charge is -2.28. The summed E-state index contributed by atoms with van der Waals surface area (Å²) in [6, 6.07) is 0. The normalized spacial score (nSPS) is 12.7. The van der Waals surface area contributed by atoms with Gasteiger partial charge in [0.05, 0.1) is 12.4 Å². The molecule has 1 atom stereocenters. The zero-order valence-electron chi connectivity index (χ0n) is 11.7. The summed E-state index contributed by atoms with van der Waals surface area (Å²) >= 11 is 0. The predicted molar refractivity (Wildman–Crippen MR) is 71.4 cm³/mol. The lowest BCUT2D eigenvalue weighted by atomic mass is 9.80. The Hall–Kier alpha value is -1.36. The second kappa shape index (κ2) is 7.16. The van der Waals surface area contributed by atoms with E-state index < -0.39 is 5.41 Å². The van der Waals surface area contributed by atoms with Gasteiger partial charge in [-0.05, 0) is 6.42 Å². The molecule has 0 aromatic heterocycles. The van der Waals surface area contributed by atoms with Crippen LogP contribution in [0.4, 0.5) is 0 Å². The van der Waals surface area contributed by atoms with E-state index in [-0.39, 0.29) is 24.0 Å². The molecular formula is C13H24N2O3. The molecule has 0 aliphatic heterocycles. The Balaban J connectivity index is 4.39. The Labute approximate surface area is 109 Å². The summed E-state index contributed by atoms with van der Waals surface area (Å²) < 4.78 is 0. The summed E-state index contributed by atoms with van der Waals surface area (Å²) in [5.74, 6) is 0.591. The van der Waals surface area contributed by atoms with Gasteiger partial charge < -0.3 is 10.2 Å². The largest absolute Gasteiger partial charge is 0.366 e. The van der Waals surface area contributed by atoms with Gasteiger partial charge in [-0.2, -0.15) is 0 Å². The quantitative estimate of drug-likeness (QED) is 0.205. The van der Waals surface area contributed by atoms with Crippen LogP contribution in [-0.2, 0) is 9.68 Å². The molecule has 18 heavy (non-hydrogen) atoms. The number of amidine groups is 1. The number of Topliss-reactive ketones (excluding diaryl/α,β-unsaturated/α-hetero) is 1. The summed E-state index contributed by atoms with van der Waals surface area (Å²) in [6.07, 6.45) is 1.13. The highest BCUT2D eigenvalue weighted by atomic mass is 17.1. The van der Waals surface area contributed by atoms with Crippen LogP contribution >= 0.6 is 0 Å². The first-order valence-corrected chi connectivity index (χ1v) is 6.09. The second-order valence-corrected chi connectivity index (χ2v) is 5.17. The molecular weight excluding hydrogens is 232 g/mol. The van der Waals surface area contributed by atoms with Crippen LogP contribution in [0.5, 0.6) is 0 Å². The molecule has 0 aliphatic carbocycles. The first-order valence-electron chi connectivity index (χ1n) is 6.09. The molecule has 0 fully saturated rings. The Morgan fingerprint density at radius 3 is 2.56 bits per heavy atom. The Morgan fingerprint density at radius 1 is 1.56 bits per heavy atom. The fourth-order valence-electron chi connectivity index (χ4n) is 1.79. The van der Waals surface area contributed by atoms with Gasteiger partial charge in [-0.15, -0.1) is 0 Å². The first kappa shape index (κ1) is 16.6. The fourth-order valence-corrected chi connectivity index (χ4v) is 1.79. The van der Waals surface area contributed by atoms with Gasteiger partial charge in [0, 0.05) is 17.8 Å². The van der Waals surface area contributed by atoms with E-state index in [1.165, 1.54) is 0 Å². The zero-order chi connectivity index (χ0) is 14.3. The minimum atomic E-state index is -0.431. The van der Waals surface area contributed by atoms with Crippen molar-refractivity contribution in [3.63, 3.8) is 0 Å². The van der Waals surface area contributed by atoms with Crippen molar-refractivity contribution in [2.45, 2.75) is 40.5 Å². The maximum Gasteiger partial charge on any atom is 0.154 e. The van der Waals surface area contributed by atoms with Crippen molar-refractivity contribution in [1.82, 2.24) is 5.32 Å². The van der Waals surface area contributed by atoms with Crippen molar-refractivity contribution in [2.24, 2.45) is 11.3 Å². The molecule has 3 N–H and O–H groups in total. The summed E-state index contributed by atoms with van der Waals surface area (Å²) in [5.41, 5.74) is -0.431. The van der Waals surface area contributed by atoms with Gasteiger partial charge in [0.15, 0.2) is 5.76 Å². The molecule has 0 aromatic carbocycles. The minimum Gasteiger partial charge on any atom is -0.366 e. The molecule has 0 amide bonds. The summed E-state index contributed by atoms with van der Waals surface area (Å²) in [6.45, 7) is 11.2. The van der Waals surface area contributed by atoms with Gasteiger partial charge in [-0.1, -0.05) is 34.3 Å². The molecule has 0 bridgehead atoms. The topological polar surface area (TPSA) is 82.4 Å². The number of rotatable bonds is 8. The van der Waals surface area contributed by atoms with Gasteiger partial charge in [-0.25, -0.2) is 5.26 Å². The number of nitrogens with one attached hydrogen (secondary N) is 2. The molecule has 0 rings (SSSR count). The Bertz CT molecular complexity index is 324. The number of hydrogen-bond acceptors (Lipinski definition) is 4. The van der Waals surface area contributed by atoms with E-state index >= 15 is 0 Å². The SMILES string of the molecule is C=C(CNC(=N)C(C)(C)CC(C)C(=O)CC)OO. The fraction of sp³-hybridized carbons (Fsp3) is 0.692. The average molecular weight is 256 g/mol. The van der Waals surface area contributed by atoms with Crippen LogP contribution in [-0.4, -0.2) is 23.4 Å². The van der Waals surface area contributed by atoms with E-state index in [1.807, 2.05) is 27.7 Å². The molecule has 0 heterocycles. The van der Waals surface area contributed by atoms with E-state index in [0.29, 0.717) is 18.7 Å². The molecule has 0 aliphatic rings. The third-order valence-electron chi connectivity index (χ3n) is 2.98. The highest BCUT2D eigenvalue weighted by Crippen LogP contribution is 2.26. The van der Waals surface area contributed by atoms with Gasteiger partial charge in [0.2, 0.25) is 0 Å². The number of hydrogen-bond donors (Lipinski definition) is 3. The number of carbonyl (C=O) groups is 1. The van der Waals surface area contributed by atoms with Gasteiger partial charge in [-0.3, -0.25) is 10.2 Å². The minimum absolute atomic E-state index is 0.0653. The van der Waals surface area contributed by atoms with Crippen molar-refractivity contribution >= 4 is 11.6 Å². The number of carbonyl (C=O) groups excluding carboxylic acids is 1. The van der Waals surface area contributed by atoms with Crippen molar-refractivity contribution in [2.75, 3.05) is 6.54 Å². The van der Waals surface area contributed by atoms with E-state index in [0.717, 1.165) is 0 Å². The van der Waals surface area contributed by atoms with Crippen molar-refractivity contribution in [3.05, 3.63) is 12.3 Å². The van der Waals surface area contributed by atoms with Gasteiger partial charge in [0.25, 0.3) is 0 Å². The van der Waals surface area contributed by atoms with Crippen LogP contribution in [0.2, 0.25) is 0 Å². The molecule has 0 radical (unpaired) electrons. The lowest BCUT2D eigenvalue weighted by molar-refractivity contribution is -0.203. The molecule has 5 heteroatoms. The third kappa shape index (κ3) is 5.31. The highest BCUT2D eigenvalue weighted by molar-refractivity contribution is 5.86. The van der Waals surface area contributed by atoms with Crippen molar-refractivity contribution in [1.29, 1.82) is 5.41 Å². The van der Waals surface area contributed by atoms with E-state index in [2.05, 4.69) is 16.8 Å². The number of ketones is 1. The van der Waals surface area contributed by atoms with Crippen molar-refractivity contribution < 1.29 is 14.9 Å².